The Bertz CT molecular complexity index is 711. The van der Waals surface area contributed by atoms with E-state index in [2.05, 4.69) is 0 Å². The van der Waals surface area contributed by atoms with E-state index in [1.165, 1.54) is 18.2 Å². The number of halogens is 3. The molecule has 0 atom stereocenters. The van der Waals surface area contributed by atoms with Crippen LogP contribution in [0.4, 0.5) is 8.78 Å². The van der Waals surface area contributed by atoms with Gasteiger partial charge in [0.05, 0.1) is 17.0 Å². The second-order valence-corrected chi connectivity index (χ2v) is 4.75. The second kappa shape index (κ2) is 6.01. The maximum atomic E-state index is 13.7. The number of carbonyl (C=O) groups is 2. The number of primary amides is 1. The van der Waals surface area contributed by atoms with Crippen molar-refractivity contribution in [2.45, 2.75) is 6.42 Å². The number of carbonyl (C=O) groups excluding carboxylic acids is 2. The highest BCUT2D eigenvalue weighted by atomic mass is 35.5. The van der Waals surface area contributed by atoms with Crippen molar-refractivity contribution in [3.8, 4) is 0 Å². The number of benzene rings is 2. The van der Waals surface area contributed by atoms with E-state index in [1.54, 1.807) is 0 Å². The highest BCUT2D eigenvalue weighted by Gasteiger charge is 2.23. The lowest BCUT2D eigenvalue weighted by Crippen LogP contribution is -2.17. The molecule has 0 heterocycles. The van der Waals surface area contributed by atoms with Crippen molar-refractivity contribution in [2.24, 2.45) is 5.73 Å². The van der Waals surface area contributed by atoms with E-state index in [0.717, 1.165) is 18.2 Å². The van der Waals surface area contributed by atoms with E-state index in [4.69, 9.17) is 17.3 Å². The quantitative estimate of drug-likeness (QED) is 0.883. The van der Waals surface area contributed by atoms with Crippen LogP contribution in [0.3, 0.4) is 0 Å². The van der Waals surface area contributed by atoms with Crippen LogP contribution in [0.2, 0.25) is 5.02 Å². The molecule has 2 aromatic rings. The van der Waals surface area contributed by atoms with Crippen molar-refractivity contribution in [2.75, 3.05) is 0 Å². The molecule has 0 saturated carbocycles. The first kappa shape index (κ1) is 15.1. The molecule has 6 heteroatoms. The summed E-state index contributed by atoms with van der Waals surface area (Å²) in [6.07, 6.45) is -0.252. The molecule has 108 valence electrons. The summed E-state index contributed by atoms with van der Waals surface area (Å²) in [5.41, 5.74) is 4.49. The topological polar surface area (TPSA) is 60.2 Å². The van der Waals surface area contributed by atoms with Crippen LogP contribution in [0.25, 0.3) is 0 Å². The molecule has 2 N–H and O–H groups in total. The van der Waals surface area contributed by atoms with Crippen molar-refractivity contribution >= 4 is 23.3 Å². The van der Waals surface area contributed by atoms with Crippen molar-refractivity contribution in [3.63, 3.8) is 0 Å². The first-order valence-electron chi connectivity index (χ1n) is 5.96. The number of hydrogen-bond acceptors (Lipinski definition) is 2. The molecule has 1 amide bonds. The van der Waals surface area contributed by atoms with Gasteiger partial charge in [-0.05, 0) is 23.8 Å². The molecule has 0 spiro atoms. The van der Waals surface area contributed by atoms with Crippen LogP contribution in [-0.4, -0.2) is 11.7 Å². The third-order valence-electron chi connectivity index (χ3n) is 2.88. The molecule has 0 fully saturated rings. The van der Waals surface area contributed by atoms with Gasteiger partial charge >= 0.3 is 0 Å². The summed E-state index contributed by atoms with van der Waals surface area (Å²) in [4.78, 5) is 23.4. The molecule has 0 aromatic heterocycles. The lowest BCUT2D eigenvalue weighted by molar-refractivity contribution is -0.117. The monoisotopic (exact) mass is 309 g/mol. The number of amides is 1. The minimum Gasteiger partial charge on any atom is -0.369 e. The maximum absolute atomic E-state index is 13.7. The minimum atomic E-state index is -0.995. The standard InChI is InChI=1S/C15H10ClF2NO2/c16-9-4-1-3-8(7-12(19)20)13(9)15(21)14-10(17)5-2-6-11(14)18/h1-6H,7H2,(H2,19,20). The third-order valence-corrected chi connectivity index (χ3v) is 3.20. The highest BCUT2D eigenvalue weighted by molar-refractivity contribution is 6.35. The van der Waals surface area contributed by atoms with Gasteiger partial charge in [-0.25, -0.2) is 8.78 Å². The molecule has 2 aromatic carbocycles. The van der Waals surface area contributed by atoms with Crippen molar-refractivity contribution in [1.82, 2.24) is 0 Å². The Balaban J connectivity index is 2.61. The van der Waals surface area contributed by atoms with Crippen molar-refractivity contribution in [1.29, 1.82) is 0 Å². The number of ketones is 1. The Hall–Kier alpha value is -2.27. The van der Waals surface area contributed by atoms with Crippen LogP contribution in [0, 0.1) is 11.6 Å². The summed E-state index contributed by atoms with van der Waals surface area (Å²) in [7, 11) is 0. The zero-order valence-electron chi connectivity index (χ0n) is 10.7. The van der Waals surface area contributed by atoms with Crippen LogP contribution in [0.5, 0.6) is 0 Å². The van der Waals surface area contributed by atoms with E-state index in [0.29, 0.717) is 0 Å². The molecule has 0 saturated heterocycles. The first-order chi connectivity index (χ1) is 9.91. The number of hydrogen-bond donors (Lipinski definition) is 1. The van der Waals surface area contributed by atoms with Crippen LogP contribution in [-0.2, 0) is 11.2 Å². The summed E-state index contributed by atoms with van der Waals surface area (Å²) in [5.74, 6) is -3.59. The van der Waals surface area contributed by atoms with Gasteiger partial charge in [-0.2, -0.15) is 0 Å². The zero-order chi connectivity index (χ0) is 15.6. The normalized spacial score (nSPS) is 10.4. The highest BCUT2D eigenvalue weighted by Crippen LogP contribution is 2.26. The minimum absolute atomic E-state index is 0.00130. The largest absolute Gasteiger partial charge is 0.369 e. The van der Waals surface area contributed by atoms with Gasteiger partial charge in [-0.3, -0.25) is 9.59 Å². The number of rotatable bonds is 4. The Labute approximate surface area is 124 Å². The van der Waals surface area contributed by atoms with Gasteiger partial charge in [0.2, 0.25) is 11.7 Å². The first-order valence-corrected chi connectivity index (χ1v) is 6.34. The lowest BCUT2D eigenvalue weighted by Gasteiger charge is -2.10. The third kappa shape index (κ3) is 3.08. The molecule has 0 aliphatic rings. The summed E-state index contributed by atoms with van der Waals surface area (Å²) in [6.45, 7) is 0. The molecule has 0 radical (unpaired) electrons. The predicted octanol–water partition coefficient (Wildman–Crippen LogP) is 2.88. The van der Waals surface area contributed by atoms with E-state index < -0.39 is 28.9 Å². The molecule has 0 bridgehead atoms. The lowest BCUT2D eigenvalue weighted by atomic mass is 9.95. The smallest absolute Gasteiger partial charge is 0.221 e. The maximum Gasteiger partial charge on any atom is 0.221 e. The van der Waals surface area contributed by atoms with E-state index in [1.807, 2.05) is 0 Å². The summed E-state index contributed by atoms with van der Waals surface area (Å²) < 4.78 is 27.4. The zero-order valence-corrected chi connectivity index (χ0v) is 11.5. The molecule has 0 aliphatic carbocycles. The van der Waals surface area contributed by atoms with Gasteiger partial charge in [0.25, 0.3) is 0 Å². The van der Waals surface area contributed by atoms with Crippen LogP contribution in [0.15, 0.2) is 36.4 Å². The second-order valence-electron chi connectivity index (χ2n) is 4.34. The fraction of sp³-hybridized carbons (Fsp3) is 0.0667. The van der Waals surface area contributed by atoms with Crippen molar-refractivity contribution in [3.05, 3.63) is 69.7 Å². The summed E-state index contributed by atoms with van der Waals surface area (Å²) in [6, 6.07) is 7.48. The Morgan fingerprint density at radius 3 is 2.14 bits per heavy atom. The average Bonchev–Trinajstić information content (AvgIpc) is 2.37. The molecular weight excluding hydrogens is 300 g/mol. The van der Waals surface area contributed by atoms with Gasteiger partial charge in [0.15, 0.2) is 0 Å². The van der Waals surface area contributed by atoms with Crippen LogP contribution < -0.4 is 5.73 Å². The van der Waals surface area contributed by atoms with Crippen LogP contribution >= 0.6 is 11.6 Å². The van der Waals surface area contributed by atoms with E-state index in [-0.39, 0.29) is 22.6 Å². The Morgan fingerprint density at radius 1 is 1.00 bits per heavy atom. The fourth-order valence-electron chi connectivity index (χ4n) is 2.00. The molecule has 0 unspecified atom stereocenters. The average molecular weight is 310 g/mol. The fourth-order valence-corrected chi connectivity index (χ4v) is 2.28. The van der Waals surface area contributed by atoms with Crippen molar-refractivity contribution < 1.29 is 18.4 Å². The predicted molar refractivity (Wildman–Crippen MR) is 74.1 cm³/mol. The van der Waals surface area contributed by atoms with E-state index >= 15 is 0 Å². The number of nitrogens with two attached hydrogens (primary N) is 1. The van der Waals surface area contributed by atoms with Gasteiger partial charge in [-0.1, -0.05) is 29.8 Å². The SMILES string of the molecule is NC(=O)Cc1cccc(Cl)c1C(=O)c1c(F)cccc1F. The van der Waals surface area contributed by atoms with E-state index in [9.17, 15) is 18.4 Å². The van der Waals surface area contributed by atoms with Gasteiger partial charge in [-0.15, -0.1) is 0 Å². The Kier molecular flexibility index (Phi) is 4.33. The van der Waals surface area contributed by atoms with Gasteiger partial charge < -0.3 is 5.73 Å². The van der Waals surface area contributed by atoms with Gasteiger partial charge in [0.1, 0.15) is 11.6 Å². The van der Waals surface area contributed by atoms with Crippen LogP contribution in [0.1, 0.15) is 21.5 Å². The molecule has 0 aliphatic heterocycles. The molecular formula is C15H10ClF2NO2. The van der Waals surface area contributed by atoms with Gasteiger partial charge in [0, 0.05) is 5.56 Å². The molecule has 21 heavy (non-hydrogen) atoms. The summed E-state index contributed by atoms with van der Waals surface area (Å²) >= 11 is 5.94. The Morgan fingerprint density at radius 2 is 1.57 bits per heavy atom. The molecule has 2 rings (SSSR count). The molecule has 3 nitrogen and oxygen atoms in total. The summed E-state index contributed by atoms with van der Waals surface area (Å²) in [5, 5.41) is 0.00130.